The minimum absolute atomic E-state index is 0.0311. The van der Waals surface area contributed by atoms with Crippen molar-refractivity contribution in [2.45, 2.75) is 19.4 Å². The van der Waals surface area contributed by atoms with E-state index in [0.717, 1.165) is 11.1 Å². The largest absolute Gasteiger partial charge is 0.353 e. The van der Waals surface area contributed by atoms with Gasteiger partial charge in [-0.25, -0.2) is 4.98 Å². The molecule has 1 atom stereocenters. The van der Waals surface area contributed by atoms with Crippen molar-refractivity contribution >= 4 is 17.6 Å². The molecule has 0 radical (unpaired) electrons. The predicted molar refractivity (Wildman–Crippen MR) is 96.1 cm³/mol. The first-order valence-electron chi connectivity index (χ1n) is 8.40. The van der Waals surface area contributed by atoms with Crippen LogP contribution in [0, 0.1) is 6.92 Å². The van der Waals surface area contributed by atoms with Gasteiger partial charge in [0.05, 0.1) is 12.6 Å². The van der Waals surface area contributed by atoms with E-state index in [1.807, 2.05) is 48.2 Å². The molecular formula is C19H22N4O2. The van der Waals surface area contributed by atoms with Crippen LogP contribution in [0.15, 0.2) is 48.7 Å². The SMILES string of the molecule is Cc1ccc(NC(=O)CN2CCNC(=O)[C@@H]2Cc2ccccc2)nc1. The van der Waals surface area contributed by atoms with Crippen molar-refractivity contribution in [3.8, 4) is 0 Å². The van der Waals surface area contributed by atoms with Gasteiger partial charge in [-0.1, -0.05) is 36.4 Å². The Hall–Kier alpha value is -2.73. The van der Waals surface area contributed by atoms with Gasteiger partial charge in [0.25, 0.3) is 0 Å². The minimum Gasteiger partial charge on any atom is -0.353 e. The molecule has 1 aromatic carbocycles. The third-order valence-electron chi connectivity index (χ3n) is 4.24. The number of amides is 2. The van der Waals surface area contributed by atoms with Gasteiger partial charge in [0.15, 0.2) is 0 Å². The van der Waals surface area contributed by atoms with Crippen molar-refractivity contribution in [3.05, 3.63) is 59.8 Å². The summed E-state index contributed by atoms with van der Waals surface area (Å²) in [6.07, 6.45) is 2.30. The monoisotopic (exact) mass is 338 g/mol. The number of pyridine rings is 1. The number of benzene rings is 1. The van der Waals surface area contributed by atoms with E-state index in [4.69, 9.17) is 0 Å². The molecule has 0 unspecified atom stereocenters. The maximum Gasteiger partial charge on any atom is 0.239 e. The van der Waals surface area contributed by atoms with Gasteiger partial charge >= 0.3 is 0 Å². The summed E-state index contributed by atoms with van der Waals surface area (Å²) in [5.74, 6) is 0.331. The maximum atomic E-state index is 12.3. The van der Waals surface area contributed by atoms with Crippen molar-refractivity contribution in [1.82, 2.24) is 15.2 Å². The lowest BCUT2D eigenvalue weighted by Gasteiger charge is -2.34. The summed E-state index contributed by atoms with van der Waals surface area (Å²) < 4.78 is 0. The van der Waals surface area contributed by atoms with Crippen LogP contribution in [0.25, 0.3) is 0 Å². The number of hydrogen-bond donors (Lipinski definition) is 2. The van der Waals surface area contributed by atoms with Crippen molar-refractivity contribution < 1.29 is 9.59 Å². The number of rotatable bonds is 5. The molecule has 2 aromatic rings. The van der Waals surface area contributed by atoms with E-state index in [1.54, 1.807) is 12.3 Å². The average molecular weight is 338 g/mol. The molecule has 25 heavy (non-hydrogen) atoms. The van der Waals surface area contributed by atoms with Gasteiger partial charge in [0.2, 0.25) is 11.8 Å². The van der Waals surface area contributed by atoms with Crippen LogP contribution in [0.2, 0.25) is 0 Å². The van der Waals surface area contributed by atoms with Gasteiger partial charge in [-0.3, -0.25) is 14.5 Å². The van der Waals surface area contributed by atoms with Gasteiger partial charge in [-0.2, -0.15) is 0 Å². The molecule has 1 saturated heterocycles. The number of aromatic nitrogens is 1. The second kappa shape index (κ2) is 7.90. The molecule has 1 aromatic heterocycles. The summed E-state index contributed by atoms with van der Waals surface area (Å²) in [6, 6.07) is 13.2. The Kier molecular flexibility index (Phi) is 5.40. The summed E-state index contributed by atoms with van der Waals surface area (Å²) >= 11 is 0. The molecule has 0 bridgehead atoms. The second-order valence-electron chi connectivity index (χ2n) is 6.24. The average Bonchev–Trinajstić information content (AvgIpc) is 2.61. The third-order valence-corrected chi connectivity index (χ3v) is 4.24. The first-order chi connectivity index (χ1) is 12.1. The molecule has 3 rings (SSSR count). The highest BCUT2D eigenvalue weighted by Gasteiger charge is 2.30. The zero-order valence-electron chi connectivity index (χ0n) is 14.2. The van der Waals surface area contributed by atoms with Crippen molar-refractivity contribution in [1.29, 1.82) is 0 Å². The van der Waals surface area contributed by atoms with E-state index in [2.05, 4.69) is 15.6 Å². The number of nitrogens with one attached hydrogen (secondary N) is 2. The van der Waals surface area contributed by atoms with Crippen LogP contribution in [-0.2, 0) is 16.0 Å². The van der Waals surface area contributed by atoms with Gasteiger partial charge in [-0.15, -0.1) is 0 Å². The highest BCUT2D eigenvalue weighted by Crippen LogP contribution is 2.12. The van der Waals surface area contributed by atoms with Gasteiger partial charge in [0, 0.05) is 19.3 Å². The Balaban J connectivity index is 1.64. The smallest absolute Gasteiger partial charge is 0.239 e. The summed E-state index contributed by atoms with van der Waals surface area (Å²) in [6.45, 7) is 3.32. The zero-order valence-corrected chi connectivity index (χ0v) is 14.2. The molecule has 0 aliphatic carbocycles. The Bertz CT molecular complexity index is 731. The Morgan fingerprint density at radius 1 is 1.28 bits per heavy atom. The molecule has 130 valence electrons. The predicted octanol–water partition coefficient (Wildman–Crippen LogP) is 1.37. The number of hydrogen-bond acceptors (Lipinski definition) is 4. The standard InChI is InChI=1S/C19H22N4O2/c1-14-7-8-17(21-12-14)22-18(24)13-23-10-9-20-19(25)16(23)11-15-5-3-2-4-6-15/h2-8,12,16H,9-11,13H2,1H3,(H,20,25)(H,21,22,24)/t16-/m0/s1. The number of aryl methyl sites for hydroxylation is 1. The number of carbonyl (C=O) groups excluding carboxylic acids is 2. The fourth-order valence-electron chi connectivity index (χ4n) is 2.92. The van der Waals surface area contributed by atoms with E-state index in [0.29, 0.717) is 25.3 Å². The first-order valence-corrected chi connectivity index (χ1v) is 8.40. The number of piperazine rings is 1. The van der Waals surface area contributed by atoms with Crippen LogP contribution < -0.4 is 10.6 Å². The third kappa shape index (κ3) is 4.64. The van der Waals surface area contributed by atoms with E-state index >= 15 is 0 Å². The molecule has 2 N–H and O–H groups in total. The molecule has 1 fully saturated rings. The lowest BCUT2D eigenvalue weighted by molar-refractivity contribution is -0.130. The number of nitrogens with zero attached hydrogens (tertiary/aromatic N) is 2. The molecule has 2 amide bonds. The van der Waals surface area contributed by atoms with Crippen LogP contribution in [0.4, 0.5) is 5.82 Å². The summed E-state index contributed by atoms with van der Waals surface area (Å²) in [4.78, 5) is 30.7. The number of anilines is 1. The maximum absolute atomic E-state index is 12.3. The van der Waals surface area contributed by atoms with Crippen LogP contribution in [0.5, 0.6) is 0 Å². The first kappa shape index (κ1) is 17.1. The summed E-state index contributed by atoms with van der Waals surface area (Å²) in [5.41, 5.74) is 2.11. The molecule has 0 saturated carbocycles. The molecule has 6 nitrogen and oxygen atoms in total. The Morgan fingerprint density at radius 2 is 2.08 bits per heavy atom. The molecule has 1 aliphatic rings. The van der Waals surface area contributed by atoms with Crippen molar-refractivity contribution in [2.75, 3.05) is 25.0 Å². The molecule has 0 spiro atoms. The van der Waals surface area contributed by atoms with E-state index in [-0.39, 0.29) is 24.4 Å². The fraction of sp³-hybridized carbons (Fsp3) is 0.316. The van der Waals surface area contributed by atoms with Crippen LogP contribution in [0.3, 0.4) is 0 Å². The Labute approximate surface area is 147 Å². The Morgan fingerprint density at radius 3 is 2.80 bits per heavy atom. The van der Waals surface area contributed by atoms with E-state index in [9.17, 15) is 9.59 Å². The van der Waals surface area contributed by atoms with E-state index < -0.39 is 0 Å². The van der Waals surface area contributed by atoms with Crippen LogP contribution in [0.1, 0.15) is 11.1 Å². The fourth-order valence-corrected chi connectivity index (χ4v) is 2.92. The van der Waals surface area contributed by atoms with Gasteiger partial charge < -0.3 is 10.6 Å². The highest BCUT2D eigenvalue weighted by atomic mass is 16.2. The number of carbonyl (C=O) groups is 2. The normalized spacial score (nSPS) is 17.8. The topological polar surface area (TPSA) is 74.3 Å². The second-order valence-corrected chi connectivity index (χ2v) is 6.24. The molecule has 6 heteroatoms. The van der Waals surface area contributed by atoms with Gasteiger partial charge in [0.1, 0.15) is 5.82 Å². The van der Waals surface area contributed by atoms with E-state index in [1.165, 1.54) is 0 Å². The highest BCUT2D eigenvalue weighted by molar-refractivity contribution is 5.92. The van der Waals surface area contributed by atoms with Crippen LogP contribution in [-0.4, -0.2) is 47.4 Å². The summed E-state index contributed by atoms with van der Waals surface area (Å²) in [7, 11) is 0. The summed E-state index contributed by atoms with van der Waals surface area (Å²) in [5, 5.41) is 5.68. The minimum atomic E-state index is -0.340. The van der Waals surface area contributed by atoms with Crippen LogP contribution >= 0.6 is 0 Å². The quantitative estimate of drug-likeness (QED) is 0.864. The molecule has 2 heterocycles. The van der Waals surface area contributed by atoms with Crippen molar-refractivity contribution in [3.63, 3.8) is 0 Å². The molecule has 1 aliphatic heterocycles. The lowest BCUT2D eigenvalue weighted by Crippen LogP contribution is -2.57. The zero-order chi connectivity index (χ0) is 17.6. The van der Waals surface area contributed by atoms with Crippen molar-refractivity contribution in [2.24, 2.45) is 0 Å². The lowest BCUT2D eigenvalue weighted by atomic mass is 10.0. The molecular weight excluding hydrogens is 316 g/mol. The van der Waals surface area contributed by atoms with Gasteiger partial charge in [-0.05, 0) is 30.5 Å².